The smallest absolute Gasteiger partial charge is 0.170 e. The molecule has 7 heteroatoms. The van der Waals surface area contributed by atoms with Crippen molar-refractivity contribution in [1.29, 1.82) is 0 Å². The van der Waals surface area contributed by atoms with Crippen molar-refractivity contribution in [2.45, 2.75) is 13.0 Å². The third kappa shape index (κ3) is 4.96. The summed E-state index contributed by atoms with van der Waals surface area (Å²) in [6, 6.07) is 10.5. The molecule has 1 aromatic carbocycles. The average molecular weight is 409 g/mol. The van der Waals surface area contributed by atoms with Crippen LogP contribution in [-0.2, 0) is 0 Å². The monoisotopic (exact) mass is 408 g/mol. The number of hydrogen-bond donors (Lipinski definition) is 2. The molecule has 2 N–H and O–H groups in total. The van der Waals surface area contributed by atoms with E-state index in [-0.39, 0.29) is 0 Å². The van der Waals surface area contributed by atoms with Crippen LogP contribution in [0.5, 0.6) is 0 Å². The third-order valence-electron chi connectivity index (χ3n) is 4.82. The van der Waals surface area contributed by atoms with Crippen molar-refractivity contribution >= 4 is 46.0 Å². The molecule has 1 unspecified atom stereocenters. The molecule has 1 atom stereocenters. The summed E-state index contributed by atoms with van der Waals surface area (Å²) in [5, 5.41) is 10.2. The molecule has 0 amide bonds. The van der Waals surface area contributed by atoms with Gasteiger partial charge in [-0.05, 0) is 55.3 Å². The molecule has 2 heterocycles. The molecular formula is C19H25ClN4S2. The molecule has 1 aliphatic rings. The Bertz CT molecular complexity index is 727. The number of halogens is 1. The number of rotatable bonds is 5. The van der Waals surface area contributed by atoms with Gasteiger partial charge >= 0.3 is 0 Å². The van der Waals surface area contributed by atoms with Gasteiger partial charge < -0.3 is 15.5 Å². The van der Waals surface area contributed by atoms with E-state index in [9.17, 15) is 0 Å². The molecule has 2 aromatic rings. The Hall–Kier alpha value is -1.18. The van der Waals surface area contributed by atoms with E-state index >= 15 is 0 Å². The molecule has 3 rings (SSSR count). The number of benzene rings is 1. The van der Waals surface area contributed by atoms with Crippen molar-refractivity contribution in [1.82, 2.24) is 15.1 Å². The van der Waals surface area contributed by atoms with E-state index in [2.05, 4.69) is 45.0 Å². The minimum absolute atomic E-state index is 0.337. The van der Waals surface area contributed by atoms with Crippen LogP contribution in [-0.4, -0.2) is 54.7 Å². The summed E-state index contributed by atoms with van der Waals surface area (Å²) in [6.07, 6.45) is 0. The van der Waals surface area contributed by atoms with E-state index < -0.39 is 0 Å². The summed E-state index contributed by atoms with van der Waals surface area (Å²) >= 11 is 13.5. The van der Waals surface area contributed by atoms with Gasteiger partial charge in [-0.15, -0.1) is 11.3 Å². The minimum atomic E-state index is 0.337. The predicted molar refractivity (Wildman–Crippen MR) is 117 cm³/mol. The second-order valence-corrected chi connectivity index (χ2v) is 8.41. The molecule has 0 aliphatic carbocycles. The molecule has 0 radical (unpaired) electrons. The number of thiophene rings is 1. The molecular weight excluding hydrogens is 384 g/mol. The van der Waals surface area contributed by atoms with Gasteiger partial charge in [0, 0.05) is 48.3 Å². The Balaban J connectivity index is 1.62. The van der Waals surface area contributed by atoms with Crippen LogP contribution in [0.3, 0.4) is 0 Å². The van der Waals surface area contributed by atoms with Gasteiger partial charge in [-0.2, -0.15) is 0 Å². The lowest BCUT2D eigenvalue weighted by Gasteiger charge is -2.37. The second kappa shape index (κ2) is 9.15. The Morgan fingerprint density at radius 3 is 2.69 bits per heavy atom. The van der Waals surface area contributed by atoms with Gasteiger partial charge in [0.1, 0.15) is 0 Å². The maximum Gasteiger partial charge on any atom is 0.170 e. The highest BCUT2D eigenvalue weighted by Crippen LogP contribution is 2.26. The Morgan fingerprint density at radius 1 is 1.23 bits per heavy atom. The summed E-state index contributed by atoms with van der Waals surface area (Å²) in [4.78, 5) is 6.30. The van der Waals surface area contributed by atoms with Crippen molar-refractivity contribution in [3.63, 3.8) is 0 Å². The normalized spacial score (nSPS) is 17.0. The van der Waals surface area contributed by atoms with Crippen LogP contribution in [0.2, 0.25) is 5.02 Å². The van der Waals surface area contributed by atoms with Crippen molar-refractivity contribution in [2.75, 3.05) is 45.1 Å². The Kier molecular flexibility index (Phi) is 6.89. The van der Waals surface area contributed by atoms with Crippen molar-refractivity contribution in [3.05, 3.63) is 51.2 Å². The van der Waals surface area contributed by atoms with Crippen LogP contribution in [0.4, 0.5) is 5.69 Å². The van der Waals surface area contributed by atoms with E-state index in [1.54, 1.807) is 0 Å². The van der Waals surface area contributed by atoms with E-state index in [1.807, 2.05) is 36.5 Å². The zero-order valence-corrected chi connectivity index (χ0v) is 17.6. The first kappa shape index (κ1) is 19.6. The highest BCUT2D eigenvalue weighted by Gasteiger charge is 2.24. The lowest BCUT2D eigenvalue weighted by Crippen LogP contribution is -2.48. The molecule has 1 aromatic heterocycles. The van der Waals surface area contributed by atoms with Crippen LogP contribution in [0.15, 0.2) is 35.7 Å². The molecule has 0 bridgehead atoms. The van der Waals surface area contributed by atoms with Crippen molar-refractivity contribution < 1.29 is 0 Å². The number of thiocarbonyl (C=S) groups is 1. The van der Waals surface area contributed by atoms with Gasteiger partial charge in [0.25, 0.3) is 0 Å². The van der Waals surface area contributed by atoms with Crippen molar-refractivity contribution in [3.8, 4) is 0 Å². The summed E-state index contributed by atoms with van der Waals surface area (Å²) in [6.45, 7) is 7.14. The lowest BCUT2D eigenvalue weighted by molar-refractivity contribution is 0.114. The number of anilines is 1. The van der Waals surface area contributed by atoms with Crippen LogP contribution >= 0.6 is 35.2 Å². The number of hydrogen-bond acceptors (Lipinski definition) is 4. The van der Waals surface area contributed by atoms with Crippen LogP contribution in [0.1, 0.15) is 16.5 Å². The van der Waals surface area contributed by atoms with Crippen LogP contribution < -0.4 is 10.6 Å². The zero-order valence-electron chi connectivity index (χ0n) is 15.2. The fourth-order valence-corrected chi connectivity index (χ4v) is 4.35. The number of piperazine rings is 1. The molecule has 0 spiro atoms. The third-order valence-corrected chi connectivity index (χ3v) is 6.45. The van der Waals surface area contributed by atoms with Gasteiger partial charge in [0.05, 0.1) is 6.04 Å². The van der Waals surface area contributed by atoms with Crippen molar-refractivity contribution in [2.24, 2.45) is 0 Å². The van der Waals surface area contributed by atoms with Gasteiger partial charge in [-0.25, -0.2) is 0 Å². The highest BCUT2D eigenvalue weighted by atomic mass is 35.5. The molecule has 1 fully saturated rings. The molecule has 26 heavy (non-hydrogen) atoms. The maximum absolute atomic E-state index is 6.19. The zero-order chi connectivity index (χ0) is 18.5. The quantitative estimate of drug-likeness (QED) is 0.730. The van der Waals surface area contributed by atoms with E-state index in [1.165, 1.54) is 4.88 Å². The SMILES string of the molecule is Cc1c(Cl)cccc1NC(=S)NCC(c1cccs1)N1CCN(C)CC1. The highest BCUT2D eigenvalue weighted by molar-refractivity contribution is 7.80. The molecule has 140 valence electrons. The molecule has 0 saturated carbocycles. The largest absolute Gasteiger partial charge is 0.360 e. The minimum Gasteiger partial charge on any atom is -0.360 e. The van der Waals surface area contributed by atoms with Gasteiger partial charge in [-0.3, -0.25) is 4.90 Å². The summed E-state index contributed by atoms with van der Waals surface area (Å²) < 4.78 is 0. The summed E-state index contributed by atoms with van der Waals surface area (Å²) in [7, 11) is 2.18. The van der Waals surface area contributed by atoms with E-state index in [0.717, 1.165) is 49.0 Å². The Labute approximate surface area is 170 Å². The standard InChI is InChI=1S/C19H25ClN4S2/c1-14-15(20)5-3-6-16(14)22-19(25)21-13-17(18-7-4-12-26-18)24-10-8-23(2)9-11-24/h3-7,12,17H,8-11,13H2,1-2H3,(H2,21,22,25). The predicted octanol–water partition coefficient (Wildman–Crippen LogP) is 3.99. The van der Waals surface area contributed by atoms with Gasteiger partial charge in [-0.1, -0.05) is 23.7 Å². The number of nitrogens with one attached hydrogen (secondary N) is 2. The maximum atomic E-state index is 6.19. The number of nitrogens with zero attached hydrogens (tertiary/aromatic N) is 2. The van der Waals surface area contributed by atoms with Crippen LogP contribution in [0, 0.1) is 6.92 Å². The fourth-order valence-electron chi connectivity index (χ4n) is 3.12. The first-order valence-electron chi connectivity index (χ1n) is 8.80. The summed E-state index contributed by atoms with van der Waals surface area (Å²) in [5.74, 6) is 0. The summed E-state index contributed by atoms with van der Waals surface area (Å²) in [5.41, 5.74) is 1.95. The first-order valence-corrected chi connectivity index (χ1v) is 10.5. The van der Waals surface area contributed by atoms with Gasteiger partial charge in [0.15, 0.2) is 5.11 Å². The van der Waals surface area contributed by atoms with Gasteiger partial charge in [0.2, 0.25) is 0 Å². The fraction of sp³-hybridized carbons (Fsp3) is 0.421. The Morgan fingerprint density at radius 2 is 2.00 bits per heavy atom. The van der Waals surface area contributed by atoms with E-state index in [4.69, 9.17) is 23.8 Å². The molecule has 4 nitrogen and oxygen atoms in total. The van der Waals surface area contributed by atoms with Crippen LogP contribution in [0.25, 0.3) is 0 Å². The lowest BCUT2D eigenvalue weighted by atomic mass is 10.1. The second-order valence-electron chi connectivity index (χ2n) is 6.62. The molecule has 1 saturated heterocycles. The topological polar surface area (TPSA) is 30.5 Å². The molecule has 1 aliphatic heterocycles. The number of likely N-dealkylation sites (N-methyl/N-ethyl adjacent to an activating group) is 1. The first-order chi connectivity index (χ1) is 12.5. The van der Waals surface area contributed by atoms with E-state index in [0.29, 0.717) is 11.2 Å². The average Bonchev–Trinajstić information content (AvgIpc) is 3.15.